The highest BCUT2D eigenvalue weighted by atomic mass is 16.5. The molecule has 0 unspecified atom stereocenters. The van der Waals surface area contributed by atoms with Crippen molar-refractivity contribution in [3.63, 3.8) is 0 Å². The summed E-state index contributed by atoms with van der Waals surface area (Å²) in [6.07, 6.45) is 2.38. The highest BCUT2D eigenvalue weighted by Crippen LogP contribution is 2.11. The molecule has 0 saturated heterocycles. The largest absolute Gasteiger partial charge is 0.497 e. The van der Waals surface area contributed by atoms with E-state index in [2.05, 4.69) is 10.3 Å². The third kappa shape index (κ3) is 5.09. The highest BCUT2D eigenvalue weighted by molar-refractivity contribution is 5.77. The van der Waals surface area contributed by atoms with E-state index >= 15 is 0 Å². The molecule has 22 heavy (non-hydrogen) atoms. The molecule has 0 radical (unpaired) electrons. The Labute approximate surface area is 130 Å². The topological polar surface area (TPSA) is 60.5 Å². The lowest BCUT2D eigenvalue weighted by Gasteiger charge is -2.08. The molecule has 5 heteroatoms. The van der Waals surface area contributed by atoms with Crippen molar-refractivity contribution in [2.75, 3.05) is 20.3 Å². The molecule has 0 saturated carbocycles. The van der Waals surface area contributed by atoms with E-state index in [1.165, 1.54) is 0 Å². The van der Waals surface area contributed by atoms with E-state index in [0.29, 0.717) is 12.3 Å². The van der Waals surface area contributed by atoms with Gasteiger partial charge < -0.3 is 14.8 Å². The molecular formula is C17H20N2O3. The number of aromatic nitrogens is 1. The predicted octanol–water partition coefficient (Wildman–Crippen LogP) is 2.14. The van der Waals surface area contributed by atoms with Gasteiger partial charge in [0.05, 0.1) is 13.3 Å². The fraction of sp³-hybridized carbons (Fsp3) is 0.294. The zero-order chi connectivity index (χ0) is 15.8. The number of nitrogens with zero attached hydrogens (tertiary/aromatic N) is 1. The van der Waals surface area contributed by atoms with Crippen LogP contribution >= 0.6 is 0 Å². The first-order chi connectivity index (χ1) is 10.7. The van der Waals surface area contributed by atoms with Crippen molar-refractivity contribution in [2.24, 2.45) is 0 Å². The zero-order valence-corrected chi connectivity index (χ0v) is 12.8. The van der Waals surface area contributed by atoms with Crippen molar-refractivity contribution < 1.29 is 14.3 Å². The summed E-state index contributed by atoms with van der Waals surface area (Å²) in [5.41, 5.74) is 2.06. The average molecular weight is 300 g/mol. The Morgan fingerprint density at radius 3 is 2.50 bits per heavy atom. The predicted molar refractivity (Wildman–Crippen MR) is 84.2 cm³/mol. The summed E-state index contributed by atoms with van der Waals surface area (Å²) < 4.78 is 10.5. The van der Waals surface area contributed by atoms with Crippen LogP contribution in [0.3, 0.4) is 0 Å². The van der Waals surface area contributed by atoms with Crippen LogP contribution in [0.1, 0.15) is 11.3 Å². The second-order valence-corrected chi connectivity index (χ2v) is 4.87. The molecule has 1 aromatic carbocycles. The van der Waals surface area contributed by atoms with Crippen LogP contribution in [0.15, 0.2) is 42.6 Å². The molecule has 0 aliphatic carbocycles. The van der Waals surface area contributed by atoms with Crippen LogP contribution < -0.4 is 14.8 Å². The first-order valence-corrected chi connectivity index (χ1v) is 7.12. The van der Waals surface area contributed by atoms with Crippen LogP contribution in [0.4, 0.5) is 0 Å². The summed E-state index contributed by atoms with van der Waals surface area (Å²) >= 11 is 0. The maximum Gasteiger partial charge on any atom is 0.257 e. The standard InChI is InChI=1S/C17H20N2O3/c1-13-3-6-16(11-19-13)22-12-17(20)18-10-9-14-4-7-15(21-2)8-5-14/h3-8,11H,9-10,12H2,1-2H3,(H,18,20). The van der Waals surface area contributed by atoms with Gasteiger partial charge >= 0.3 is 0 Å². The molecule has 1 amide bonds. The summed E-state index contributed by atoms with van der Waals surface area (Å²) in [5.74, 6) is 1.28. The Hall–Kier alpha value is -2.56. The Morgan fingerprint density at radius 2 is 1.86 bits per heavy atom. The van der Waals surface area contributed by atoms with Crippen LogP contribution in [0.25, 0.3) is 0 Å². The van der Waals surface area contributed by atoms with Gasteiger partial charge in [0.15, 0.2) is 6.61 Å². The maximum absolute atomic E-state index is 11.7. The highest BCUT2D eigenvalue weighted by Gasteiger charge is 2.03. The fourth-order valence-corrected chi connectivity index (χ4v) is 1.88. The van der Waals surface area contributed by atoms with Crippen molar-refractivity contribution in [3.05, 3.63) is 53.9 Å². The van der Waals surface area contributed by atoms with Gasteiger partial charge in [-0.05, 0) is 43.2 Å². The van der Waals surface area contributed by atoms with Crippen molar-refractivity contribution in [1.29, 1.82) is 0 Å². The molecule has 0 fully saturated rings. The normalized spacial score (nSPS) is 10.1. The molecule has 1 N–H and O–H groups in total. The second kappa shape index (κ2) is 8.02. The van der Waals surface area contributed by atoms with Crippen molar-refractivity contribution >= 4 is 5.91 Å². The van der Waals surface area contributed by atoms with Crippen LogP contribution in [0.2, 0.25) is 0 Å². The van der Waals surface area contributed by atoms with E-state index in [4.69, 9.17) is 9.47 Å². The Morgan fingerprint density at radius 1 is 1.14 bits per heavy atom. The monoisotopic (exact) mass is 300 g/mol. The van der Waals surface area contributed by atoms with Gasteiger partial charge in [0.1, 0.15) is 11.5 Å². The van der Waals surface area contributed by atoms with Crippen LogP contribution in [0.5, 0.6) is 11.5 Å². The van der Waals surface area contributed by atoms with Crippen molar-refractivity contribution in [1.82, 2.24) is 10.3 Å². The Bertz CT molecular complexity index is 594. The number of methoxy groups -OCH3 is 1. The Balaban J connectivity index is 1.67. The summed E-state index contributed by atoms with van der Waals surface area (Å²) in [6.45, 7) is 2.46. The summed E-state index contributed by atoms with van der Waals surface area (Å²) in [7, 11) is 1.64. The van der Waals surface area contributed by atoms with Gasteiger partial charge in [-0.3, -0.25) is 9.78 Å². The number of benzene rings is 1. The summed E-state index contributed by atoms with van der Waals surface area (Å²) in [5, 5.41) is 2.83. The molecule has 0 aliphatic rings. The third-order valence-electron chi connectivity index (χ3n) is 3.15. The summed E-state index contributed by atoms with van der Waals surface area (Å²) in [4.78, 5) is 15.8. The minimum absolute atomic E-state index is 0.00659. The van der Waals surface area contributed by atoms with E-state index in [-0.39, 0.29) is 12.5 Å². The van der Waals surface area contributed by atoms with E-state index in [1.807, 2.05) is 37.3 Å². The molecular weight excluding hydrogens is 280 g/mol. The van der Waals surface area contributed by atoms with E-state index < -0.39 is 0 Å². The van der Waals surface area contributed by atoms with Gasteiger partial charge in [-0.15, -0.1) is 0 Å². The van der Waals surface area contributed by atoms with Crippen LogP contribution in [-0.2, 0) is 11.2 Å². The molecule has 0 aliphatic heterocycles. The lowest BCUT2D eigenvalue weighted by Crippen LogP contribution is -2.30. The molecule has 1 aromatic heterocycles. The lowest BCUT2D eigenvalue weighted by molar-refractivity contribution is -0.123. The first kappa shape index (κ1) is 15.8. The number of carbonyl (C=O) groups excluding carboxylic acids is 1. The van der Waals surface area contributed by atoms with E-state index in [9.17, 15) is 4.79 Å². The van der Waals surface area contributed by atoms with Crippen LogP contribution in [0, 0.1) is 6.92 Å². The quantitative estimate of drug-likeness (QED) is 0.851. The van der Waals surface area contributed by atoms with E-state index in [0.717, 1.165) is 23.4 Å². The molecule has 116 valence electrons. The number of pyridine rings is 1. The van der Waals surface area contributed by atoms with Crippen molar-refractivity contribution in [2.45, 2.75) is 13.3 Å². The smallest absolute Gasteiger partial charge is 0.257 e. The van der Waals surface area contributed by atoms with Gasteiger partial charge in [-0.1, -0.05) is 12.1 Å². The molecule has 0 bridgehead atoms. The van der Waals surface area contributed by atoms with E-state index in [1.54, 1.807) is 19.4 Å². The van der Waals surface area contributed by atoms with Crippen LogP contribution in [-0.4, -0.2) is 31.2 Å². The fourth-order valence-electron chi connectivity index (χ4n) is 1.88. The number of rotatable bonds is 7. The number of amides is 1. The zero-order valence-electron chi connectivity index (χ0n) is 12.8. The van der Waals surface area contributed by atoms with Gasteiger partial charge in [0, 0.05) is 12.2 Å². The van der Waals surface area contributed by atoms with Gasteiger partial charge in [-0.25, -0.2) is 0 Å². The molecule has 0 atom stereocenters. The second-order valence-electron chi connectivity index (χ2n) is 4.87. The maximum atomic E-state index is 11.7. The number of nitrogens with one attached hydrogen (secondary N) is 1. The van der Waals surface area contributed by atoms with Gasteiger partial charge in [-0.2, -0.15) is 0 Å². The average Bonchev–Trinajstić information content (AvgIpc) is 2.55. The third-order valence-corrected chi connectivity index (χ3v) is 3.15. The Kier molecular flexibility index (Phi) is 5.77. The molecule has 2 rings (SSSR count). The number of carbonyl (C=O) groups is 1. The summed E-state index contributed by atoms with van der Waals surface area (Å²) in [6, 6.07) is 11.4. The number of ether oxygens (including phenoxy) is 2. The number of hydrogen-bond acceptors (Lipinski definition) is 4. The molecule has 0 spiro atoms. The molecule has 5 nitrogen and oxygen atoms in total. The minimum atomic E-state index is -0.144. The molecule has 2 aromatic rings. The SMILES string of the molecule is COc1ccc(CCNC(=O)COc2ccc(C)nc2)cc1. The number of hydrogen-bond donors (Lipinski definition) is 1. The number of aryl methyl sites for hydroxylation is 1. The minimum Gasteiger partial charge on any atom is -0.497 e. The van der Waals surface area contributed by atoms with Gasteiger partial charge in [0.25, 0.3) is 5.91 Å². The lowest BCUT2D eigenvalue weighted by atomic mass is 10.1. The van der Waals surface area contributed by atoms with Gasteiger partial charge in [0.2, 0.25) is 0 Å². The first-order valence-electron chi connectivity index (χ1n) is 7.12. The molecule has 1 heterocycles. The van der Waals surface area contributed by atoms with Crippen molar-refractivity contribution in [3.8, 4) is 11.5 Å².